The lowest BCUT2D eigenvalue weighted by atomic mass is 10.2. The van der Waals surface area contributed by atoms with Gasteiger partial charge in [0.1, 0.15) is 25.4 Å². The molecule has 0 aromatic heterocycles. The van der Waals surface area contributed by atoms with Gasteiger partial charge in [0.05, 0.1) is 45.6 Å². The van der Waals surface area contributed by atoms with E-state index in [4.69, 9.17) is 15.2 Å². The van der Waals surface area contributed by atoms with Crippen molar-refractivity contribution in [2.45, 2.75) is 0 Å². The van der Waals surface area contributed by atoms with E-state index in [1.54, 1.807) is 0 Å². The molecule has 0 unspecified atom stereocenters. The van der Waals surface area contributed by atoms with E-state index in [1.807, 2.05) is 12.1 Å². The maximum absolute atomic E-state index is 5.82. The fraction of sp³-hybridized carbons (Fsp3) is 0.600. The van der Waals surface area contributed by atoms with E-state index in [-0.39, 0.29) is 0 Å². The minimum absolute atomic E-state index is 0.739. The first-order valence-electron chi connectivity index (χ1n) is 7.35. The molecule has 2 aliphatic heterocycles. The molecule has 20 heavy (non-hydrogen) atoms. The van der Waals surface area contributed by atoms with Gasteiger partial charge in [-0.2, -0.15) is 0 Å². The number of quaternary nitrogens is 1. The second-order valence-corrected chi connectivity index (χ2v) is 5.97. The molecule has 2 N–H and O–H groups in total. The number of fused-ring (bicyclic) bond motifs is 1. The summed E-state index contributed by atoms with van der Waals surface area (Å²) in [6, 6.07) is 5.95. The molecule has 1 fully saturated rings. The molecule has 5 nitrogen and oxygen atoms in total. The Morgan fingerprint density at radius 1 is 1.25 bits per heavy atom. The van der Waals surface area contributed by atoms with Crippen LogP contribution in [0, 0.1) is 0 Å². The van der Waals surface area contributed by atoms with E-state index in [0.717, 1.165) is 68.5 Å². The second-order valence-electron chi connectivity index (χ2n) is 5.97. The average molecular weight is 278 g/mol. The zero-order chi connectivity index (χ0) is 14.0. The molecule has 1 aromatic carbocycles. The first-order valence-corrected chi connectivity index (χ1v) is 7.35. The van der Waals surface area contributed by atoms with Crippen LogP contribution in [0.15, 0.2) is 18.2 Å². The van der Waals surface area contributed by atoms with Crippen LogP contribution in [0.2, 0.25) is 0 Å². The summed E-state index contributed by atoms with van der Waals surface area (Å²) in [5, 5.41) is 0. The predicted octanol–water partition coefficient (Wildman–Crippen LogP) is 0.944. The number of ether oxygens (including phenoxy) is 2. The molecule has 2 aliphatic rings. The summed E-state index contributed by atoms with van der Waals surface area (Å²) in [5.74, 6) is 0.917. The van der Waals surface area contributed by atoms with Gasteiger partial charge in [-0.15, -0.1) is 0 Å². The van der Waals surface area contributed by atoms with Crippen LogP contribution >= 0.6 is 0 Å². The normalized spacial score (nSPS) is 21.1. The van der Waals surface area contributed by atoms with Crippen molar-refractivity contribution in [1.29, 1.82) is 0 Å². The van der Waals surface area contributed by atoms with Crippen molar-refractivity contribution < 1.29 is 14.0 Å². The quantitative estimate of drug-likeness (QED) is 0.660. The van der Waals surface area contributed by atoms with E-state index in [0.29, 0.717) is 0 Å². The molecule has 0 saturated carbocycles. The molecule has 3 rings (SSSR count). The molecular formula is C15H24N3O2+. The number of nitrogens with zero attached hydrogens (tertiary/aromatic N) is 2. The lowest BCUT2D eigenvalue weighted by molar-refractivity contribution is -0.915. The molecule has 0 atom stereocenters. The van der Waals surface area contributed by atoms with Crippen molar-refractivity contribution in [1.82, 2.24) is 0 Å². The van der Waals surface area contributed by atoms with Gasteiger partial charge < -0.3 is 24.6 Å². The highest BCUT2D eigenvalue weighted by molar-refractivity contribution is 5.65. The largest absolute Gasteiger partial charge is 0.489 e. The van der Waals surface area contributed by atoms with Gasteiger partial charge in [0, 0.05) is 11.8 Å². The number of nitrogens with two attached hydrogens (primary N) is 1. The molecule has 0 aliphatic carbocycles. The third-order valence-corrected chi connectivity index (χ3v) is 4.40. The molecule has 0 bridgehead atoms. The Hall–Kier alpha value is -1.46. The number of morpholine rings is 1. The molecule has 1 saturated heterocycles. The van der Waals surface area contributed by atoms with Gasteiger partial charge in [-0.05, 0) is 12.1 Å². The Morgan fingerprint density at radius 3 is 2.85 bits per heavy atom. The van der Waals surface area contributed by atoms with E-state index < -0.39 is 0 Å². The smallest absolute Gasteiger partial charge is 0.144 e. The van der Waals surface area contributed by atoms with Crippen molar-refractivity contribution in [2.24, 2.45) is 0 Å². The van der Waals surface area contributed by atoms with Crippen LogP contribution in [-0.4, -0.2) is 64.1 Å². The molecule has 110 valence electrons. The number of hydrogen-bond acceptors (Lipinski definition) is 4. The third kappa shape index (κ3) is 2.83. The SMILES string of the molecule is C[N+]1(CCN2CCOc3cc(N)ccc32)CCOCC1. The number of hydrogen-bond donors (Lipinski definition) is 1. The predicted molar refractivity (Wildman–Crippen MR) is 80.2 cm³/mol. The molecule has 5 heteroatoms. The van der Waals surface area contributed by atoms with Gasteiger partial charge in [-0.25, -0.2) is 0 Å². The average Bonchev–Trinajstić information content (AvgIpc) is 2.45. The van der Waals surface area contributed by atoms with Crippen molar-refractivity contribution in [3.8, 4) is 5.75 Å². The molecule has 0 radical (unpaired) electrons. The number of benzene rings is 1. The van der Waals surface area contributed by atoms with E-state index >= 15 is 0 Å². The fourth-order valence-corrected chi connectivity index (χ4v) is 2.90. The second kappa shape index (κ2) is 5.50. The van der Waals surface area contributed by atoms with Crippen molar-refractivity contribution >= 4 is 11.4 Å². The lowest BCUT2D eigenvalue weighted by Gasteiger charge is -2.40. The summed E-state index contributed by atoms with van der Waals surface area (Å²) < 4.78 is 12.3. The van der Waals surface area contributed by atoms with Crippen LogP contribution in [0.4, 0.5) is 11.4 Å². The molecular weight excluding hydrogens is 254 g/mol. The van der Waals surface area contributed by atoms with Gasteiger partial charge >= 0.3 is 0 Å². The van der Waals surface area contributed by atoms with Crippen molar-refractivity contribution in [2.75, 3.05) is 70.2 Å². The summed E-state index contributed by atoms with van der Waals surface area (Å²) in [5.41, 5.74) is 7.76. The van der Waals surface area contributed by atoms with Crippen LogP contribution in [0.25, 0.3) is 0 Å². The zero-order valence-electron chi connectivity index (χ0n) is 12.2. The minimum Gasteiger partial charge on any atom is -0.489 e. The standard InChI is InChI=1S/C15H24N3O2/c1-18(7-10-19-11-8-18)6-4-17-5-9-20-15-12-13(16)2-3-14(15)17/h2-3,12H,4-11,16H2,1H3/q+1. The van der Waals surface area contributed by atoms with Gasteiger partial charge in [0.15, 0.2) is 0 Å². The first kappa shape index (κ1) is 13.5. The minimum atomic E-state index is 0.739. The van der Waals surface area contributed by atoms with Crippen LogP contribution in [0.3, 0.4) is 0 Å². The Kier molecular flexibility index (Phi) is 3.72. The van der Waals surface area contributed by atoms with Crippen LogP contribution in [0.5, 0.6) is 5.75 Å². The first-order chi connectivity index (χ1) is 9.66. The van der Waals surface area contributed by atoms with Crippen molar-refractivity contribution in [3.63, 3.8) is 0 Å². The monoisotopic (exact) mass is 278 g/mol. The van der Waals surface area contributed by atoms with Gasteiger partial charge in [-0.1, -0.05) is 0 Å². The fourth-order valence-electron chi connectivity index (χ4n) is 2.90. The Bertz CT molecular complexity index is 472. The molecule has 1 aromatic rings. The highest BCUT2D eigenvalue weighted by Crippen LogP contribution is 2.33. The maximum Gasteiger partial charge on any atom is 0.144 e. The van der Waals surface area contributed by atoms with Crippen LogP contribution < -0.4 is 15.4 Å². The topological polar surface area (TPSA) is 47.7 Å². The Balaban J connectivity index is 1.67. The van der Waals surface area contributed by atoms with Crippen molar-refractivity contribution in [3.05, 3.63) is 18.2 Å². The van der Waals surface area contributed by atoms with Crippen LogP contribution in [0.1, 0.15) is 0 Å². The van der Waals surface area contributed by atoms with Gasteiger partial charge in [-0.3, -0.25) is 0 Å². The number of likely N-dealkylation sites (N-methyl/N-ethyl adjacent to an activating group) is 1. The molecule has 0 amide bonds. The number of rotatable bonds is 3. The van der Waals surface area contributed by atoms with Crippen LogP contribution in [-0.2, 0) is 4.74 Å². The van der Waals surface area contributed by atoms with E-state index in [2.05, 4.69) is 18.0 Å². The highest BCUT2D eigenvalue weighted by Gasteiger charge is 2.27. The highest BCUT2D eigenvalue weighted by atomic mass is 16.5. The van der Waals surface area contributed by atoms with Gasteiger partial charge in [0.2, 0.25) is 0 Å². The lowest BCUT2D eigenvalue weighted by Crippen LogP contribution is -2.55. The summed E-state index contributed by atoms with van der Waals surface area (Å²) in [7, 11) is 2.33. The summed E-state index contributed by atoms with van der Waals surface area (Å²) in [6.45, 7) is 7.87. The summed E-state index contributed by atoms with van der Waals surface area (Å²) >= 11 is 0. The Labute approximate surface area is 120 Å². The Morgan fingerprint density at radius 2 is 2.05 bits per heavy atom. The third-order valence-electron chi connectivity index (χ3n) is 4.40. The summed E-state index contributed by atoms with van der Waals surface area (Å²) in [4.78, 5) is 2.41. The summed E-state index contributed by atoms with van der Waals surface area (Å²) in [6.07, 6.45) is 0. The number of nitrogen functional groups attached to an aromatic ring is 1. The maximum atomic E-state index is 5.82. The van der Waals surface area contributed by atoms with E-state index in [1.165, 1.54) is 5.69 Å². The zero-order valence-corrected chi connectivity index (χ0v) is 12.2. The van der Waals surface area contributed by atoms with E-state index in [9.17, 15) is 0 Å². The molecule has 2 heterocycles. The number of anilines is 2. The molecule has 0 spiro atoms. The van der Waals surface area contributed by atoms with Gasteiger partial charge in [0.25, 0.3) is 0 Å².